The van der Waals surface area contributed by atoms with Gasteiger partial charge in [-0.2, -0.15) is 23.0 Å². The van der Waals surface area contributed by atoms with Gasteiger partial charge >= 0.3 is 12.1 Å². The molecule has 0 bridgehead atoms. The number of aromatic nitrogens is 2. The maximum atomic E-state index is 13.4. The van der Waals surface area contributed by atoms with Gasteiger partial charge in [-0.05, 0) is 30.3 Å². The second-order valence-electron chi connectivity index (χ2n) is 6.06. The molecule has 3 rings (SSSR count). The van der Waals surface area contributed by atoms with Crippen LogP contribution in [0.2, 0.25) is 5.02 Å². The van der Waals surface area contributed by atoms with Crippen molar-refractivity contribution in [3.05, 3.63) is 70.6 Å². The number of hydrogen-bond donors (Lipinski definition) is 2. The van der Waals surface area contributed by atoms with E-state index in [-0.39, 0.29) is 22.0 Å². The average Bonchev–Trinajstić information content (AvgIpc) is 3.11. The molecule has 0 saturated carbocycles. The maximum absolute atomic E-state index is 13.4. The summed E-state index contributed by atoms with van der Waals surface area (Å²) in [7, 11) is 0. The van der Waals surface area contributed by atoms with E-state index in [2.05, 4.69) is 10.4 Å². The first-order valence-corrected chi connectivity index (χ1v) is 8.81. The third-order valence-electron chi connectivity index (χ3n) is 3.89. The number of amides is 1. The molecule has 0 unspecified atom stereocenters. The van der Waals surface area contributed by atoms with Crippen LogP contribution < -0.4 is 10.1 Å². The van der Waals surface area contributed by atoms with Crippen LogP contribution in [0.1, 0.15) is 16.1 Å². The SMILES string of the molecule is O=C(COc1cc(C(F)(F)F)nn1-c1ccccc1Cl)Nc1cc(F)ccc1C(=O)O. The molecule has 3 aromatic rings. The largest absolute Gasteiger partial charge is 0.478 e. The molecule has 7 nitrogen and oxygen atoms in total. The zero-order chi connectivity index (χ0) is 22.8. The number of carboxylic acids is 1. The Hall–Kier alpha value is -3.60. The minimum Gasteiger partial charge on any atom is -0.478 e. The van der Waals surface area contributed by atoms with Gasteiger partial charge < -0.3 is 15.2 Å². The first kappa shape index (κ1) is 22.1. The minimum atomic E-state index is -4.79. The number of aromatic carboxylic acids is 1. The topological polar surface area (TPSA) is 93.5 Å². The predicted molar refractivity (Wildman–Crippen MR) is 101 cm³/mol. The van der Waals surface area contributed by atoms with Crippen LogP contribution in [0.25, 0.3) is 5.69 Å². The Kier molecular flexibility index (Phi) is 6.16. The van der Waals surface area contributed by atoms with Gasteiger partial charge in [0.1, 0.15) is 5.82 Å². The zero-order valence-electron chi connectivity index (χ0n) is 15.3. The molecule has 0 saturated heterocycles. The zero-order valence-corrected chi connectivity index (χ0v) is 16.0. The Morgan fingerprint density at radius 3 is 2.52 bits per heavy atom. The summed E-state index contributed by atoms with van der Waals surface area (Å²) in [5.74, 6) is -3.59. The van der Waals surface area contributed by atoms with E-state index in [1.807, 2.05) is 0 Å². The van der Waals surface area contributed by atoms with Gasteiger partial charge in [-0.15, -0.1) is 0 Å². The summed E-state index contributed by atoms with van der Waals surface area (Å²) in [5.41, 5.74) is -1.92. The summed E-state index contributed by atoms with van der Waals surface area (Å²) in [6.07, 6.45) is -4.79. The van der Waals surface area contributed by atoms with E-state index in [0.29, 0.717) is 6.07 Å². The van der Waals surface area contributed by atoms with Crippen LogP contribution in [0.4, 0.5) is 23.2 Å². The molecule has 0 aliphatic carbocycles. The molecular formula is C19H12ClF4N3O4. The van der Waals surface area contributed by atoms with Gasteiger partial charge in [0.05, 0.1) is 22.0 Å². The Balaban J connectivity index is 1.84. The van der Waals surface area contributed by atoms with E-state index in [0.717, 1.165) is 22.9 Å². The fourth-order valence-corrected chi connectivity index (χ4v) is 2.75. The highest BCUT2D eigenvalue weighted by Gasteiger charge is 2.36. The maximum Gasteiger partial charge on any atom is 0.435 e. The highest BCUT2D eigenvalue weighted by atomic mass is 35.5. The van der Waals surface area contributed by atoms with Gasteiger partial charge in [0, 0.05) is 6.07 Å². The summed E-state index contributed by atoms with van der Waals surface area (Å²) in [6.45, 7) is -0.816. The van der Waals surface area contributed by atoms with Crippen LogP contribution in [0.3, 0.4) is 0 Å². The highest BCUT2D eigenvalue weighted by molar-refractivity contribution is 6.32. The summed E-state index contributed by atoms with van der Waals surface area (Å²) in [6, 6.07) is 9.14. The second kappa shape index (κ2) is 8.64. The molecule has 0 atom stereocenters. The Morgan fingerprint density at radius 1 is 1.16 bits per heavy atom. The number of benzene rings is 2. The number of hydrogen-bond acceptors (Lipinski definition) is 4. The summed E-state index contributed by atoms with van der Waals surface area (Å²) >= 11 is 6.02. The molecule has 1 aromatic heterocycles. The van der Waals surface area contributed by atoms with Crippen molar-refractivity contribution < 1.29 is 37.0 Å². The van der Waals surface area contributed by atoms with Crippen molar-refractivity contribution in [3.8, 4) is 11.6 Å². The second-order valence-corrected chi connectivity index (χ2v) is 6.47. The van der Waals surface area contributed by atoms with Gasteiger partial charge in [-0.25, -0.2) is 9.18 Å². The van der Waals surface area contributed by atoms with Gasteiger partial charge in [0.25, 0.3) is 5.91 Å². The molecule has 2 N–H and O–H groups in total. The highest BCUT2D eigenvalue weighted by Crippen LogP contribution is 2.33. The molecule has 0 spiro atoms. The van der Waals surface area contributed by atoms with Crippen LogP contribution in [-0.2, 0) is 11.0 Å². The van der Waals surface area contributed by atoms with Crippen molar-refractivity contribution in [2.75, 3.05) is 11.9 Å². The molecule has 0 aliphatic rings. The number of carboxylic acid groups (broad SMARTS) is 1. The smallest absolute Gasteiger partial charge is 0.435 e. The monoisotopic (exact) mass is 457 g/mol. The van der Waals surface area contributed by atoms with E-state index < -0.39 is 42.1 Å². The first-order valence-electron chi connectivity index (χ1n) is 8.44. The third kappa shape index (κ3) is 5.12. The number of nitrogens with zero attached hydrogens (tertiary/aromatic N) is 2. The average molecular weight is 458 g/mol. The number of rotatable bonds is 6. The van der Waals surface area contributed by atoms with Crippen molar-refractivity contribution in [1.29, 1.82) is 0 Å². The van der Waals surface area contributed by atoms with Crippen molar-refractivity contribution in [2.24, 2.45) is 0 Å². The standard InChI is InChI=1S/C19H12ClF4N3O4/c20-12-3-1-2-4-14(12)27-17(8-15(26-27)19(22,23)24)31-9-16(28)25-13-7-10(21)5-6-11(13)18(29)30/h1-8H,9H2,(H,25,28)(H,29,30). The normalized spacial score (nSPS) is 11.3. The Labute approximate surface area is 176 Å². The fraction of sp³-hybridized carbons (Fsp3) is 0.105. The number of halogens is 5. The summed E-state index contributed by atoms with van der Waals surface area (Å²) < 4.78 is 58.7. The number of carbonyl (C=O) groups is 2. The van der Waals surface area contributed by atoms with Gasteiger partial charge in [-0.3, -0.25) is 4.79 Å². The van der Waals surface area contributed by atoms with E-state index in [1.54, 1.807) is 6.07 Å². The van der Waals surface area contributed by atoms with Crippen LogP contribution in [-0.4, -0.2) is 33.4 Å². The van der Waals surface area contributed by atoms with E-state index >= 15 is 0 Å². The Bertz CT molecular complexity index is 1150. The molecule has 0 aliphatic heterocycles. The molecule has 162 valence electrons. The number of alkyl halides is 3. The van der Waals surface area contributed by atoms with Crippen LogP contribution in [0.15, 0.2) is 48.5 Å². The molecule has 0 radical (unpaired) electrons. The van der Waals surface area contributed by atoms with E-state index in [9.17, 15) is 27.2 Å². The fourth-order valence-electron chi connectivity index (χ4n) is 2.53. The Morgan fingerprint density at radius 2 is 1.87 bits per heavy atom. The third-order valence-corrected chi connectivity index (χ3v) is 4.20. The lowest BCUT2D eigenvalue weighted by Crippen LogP contribution is -2.22. The molecule has 12 heteroatoms. The van der Waals surface area contributed by atoms with Crippen LogP contribution >= 0.6 is 11.6 Å². The molecular weight excluding hydrogens is 446 g/mol. The van der Waals surface area contributed by atoms with Crippen LogP contribution in [0, 0.1) is 5.82 Å². The number of nitrogens with one attached hydrogen (secondary N) is 1. The van der Waals surface area contributed by atoms with E-state index in [1.165, 1.54) is 18.2 Å². The summed E-state index contributed by atoms with van der Waals surface area (Å²) in [4.78, 5) is 23.3. The van der Waals surface area contributed by atoms with Crippen molar-refractivity contribution in [1.82, 2.24) is 9.78 Å². The number of carbonyl (C=O) groups excluding carboxylic acids is 1. The van der Waals surface area contributed by atoms with Gasteiger partial charge in [-0.1, -0.05) is 23.7 Å². The molecule has 2 aromatic carbocycles. The molecule has 1 amide bonds. The van der Waals surface area contributed by atoms with Crippen LogP contribution in [0.5, 0.6) is 5.88 Å². The lowest BCUT2D eigenvalue weighted by atomic mass is 10.1. The first-order chi connectivity index (χ1) is 14.6. The van der Waals surface area contributed by atoms with Crippen molar-refractivity contribution >= 4 is 29.2 Å². The van der Waals surface area contributed by atoms with Gasteiger partial charge in [0.15, 0.2) is 12.3 Å². The van der Waals surface area contributed by atoms with Gasteiger partial charge in [0.2, 0.25) is 5.88 Å². The molecule has 31 heavy (non-hydrogen) atoms. The number of ether oxygens (including phenoxy) is 1. The minimum absolute atomic E-state index is 0.0772. The quantitative estimate of drug-likeness (QED) is 0.535. The lowest BCUT2D eigenvalue weighted by molar-refractivity contribution is -0.141. The molecule has 1 heterocycles. The van der Waals surface area contributed by atoms with E-state index in [4.69, 9.17) is 21.4 Å². The van der Waals surface area contributed by atoms with Crippen molar-refractivity contribution in [3.63, 3.8) is 0 Å². The number of para-hydroxylation sites is 1. The van der Waals surface area contributed by atoms with Crippen molar-refractivity contribution in [2.45, 2.75) is 6.18 Å². The number of anilines is 1. The molecule has 0 fully saturated rings. The lowest BCUT2D eigenvalue weighted by Gasteiger charge is -2.11. The summed E-state index contributed by atoms with van der Waals surface area (Å²) in [5, 5.41) is 14.8. The predicted octanol–water partition coefficient (Wildman–Crippen LogP) is 4.40.